The van der Waals surface area contributed by atoms with Crippen LogP contribution < -0.4 is 10.6 Å². The molecule has 0 radical (unpaired) electrons. The van der Waals surface area contributed by atoms with Crippen molar-refractivity contribution in [2.24, 2.45) is 0 Å². The SMILES string of the molecule is Cc1cc([N+](=O)[O-])cc(Cl)c1NCCNC(=O)c1cccnc1. The maximum absolute atomic E-state index is 11.8. The minimum absolute atomic E-state index is 0.0528. The number of pyridine rings is 1. The molecule has 120 valence electrons. The van der Waals surface area contributed by atoms with Gasteiger partial charge in [0.05, 0.1) is 21.2 Å². The van der Waals surface area contributed by atoms with Gasteiger partial charge in [0.15, 0.2) is 0 Å². The summed E-state index contributed by atoms with van der Waals surface area (Å²) >= 11 is 6.05. The summed E-state index contributed by atoms with van der Waals surface area (Å²) in [5.41, 5.74) is 1.72. The van der Waals surface area contributed by atoms with Crippen molar-refractivity contribution in [2.45, 2.75) is 6.92 Å². The Balaban J connectivity index is 1.90. The van der Waals surface area contributed by atoms with Gasteiger partial charge in [-0.05, 0) is 24.6 Å². The number of aromatic nitrogens is 1. The Labute approximate surface area is 137 Å². The van der Waals surface area contributed by atoms with Gasteiger partial charge < -0.3 is 10.6 Å². The van der Waals surface area contributed by atoms with E-state index in [9.17, 15) is 14.9 Å². The van der Waals surface area contributed by atoms with Gasteiger partial charge in [0, 0.05) is 37.6 Å². The quantitative estimate of drug-likeness (QED) is 0.481. The number of benzene rings is 1. The number of hydrogen-bond acceptors (Lipinski definition) is 5. The topological polar surface area (TPSA) is 97.2 Å². The fourth-order valence-electron chi connectivity index (χ4n) is 2.02. The molecule has 23 heavy (non-hydrogen) atoms. The van der Waals surface area contributed by atoms with Gasteiger partial charge in [-0.3, -0.25) is 19.9 Å². The molecule has 0 aliphatic carbocycles. The smallest absolute Gasteiger partial charge is 0.271 e. The number of carbonyl (C=O) groups is 1. The molecule has 0 spiro atoms. The van der Waals surface area contributed by atoms with Gasteiger partial charge in [-0.2, -0.15) is 0 Å². The van der Waals surface area contributed by atoms with Crippen molar-refractivity contribution >= 4 is 28.9 Å². The second-order valence-corrected chi connectivity index (χ2v) is 5.21. The maximum atomic E-state index is 11.8. The minimum atomic E-state index is -0.489. The van der Waals surface area contributed by atoms with Crippen molar-refractivity contribution in [3.63, 3.8) is 0 Å². The van der Waals surface area contributed by atoms with E-state index in [-0.39, 0.29) is 16.6 Å². The van der Waals surface area contributed by atoms with Crippen LogP contribution in [0.2, 0.25) is 5.02 Å². The van der Waals surface area contributed by atoms with E-state index < -0.39 is 4.92 Å². The Morgan fingerprint density at radius 2 is 2.17 bits per heavy atom. The van der Waals surface area contributed by atoms with Crippen LogP contribution in [0.1, 0.15) is 15.9 Å². The summed E-state index contributed by atoms with van der Waals surface area (Å²) in [5, 5.41) is 16.8. The fourth-order valence-corrected chi connectivity index (χ4v) is 2.35. The summed E-state index contributed by atoms with van der Waals surface area (Å²) in [6.45, 7) is 2.54. The summed E-state index contributed by atoms with van der Waals surface area (Å²) in [6, 6.07) is 6.10. The van der Waals surface area contributed by atoms with Crippen molar-refractivity contribution in [1.82, 2.24) is 10.3 Å². The molecule has 0 atom stereocenters. The number of amides is 1. The van der Waals surface area contributed by atoms with E-state index in [1.54, 1.807) is 25.3 Å². The number of carbonyl (C=O) groups excluding carboxylic acids is 1. The molecule has 2 rings (SSSR count). The Kier molecular flexibility index (Phi) is 5.48. The first-order chi connectivity index (χ1) is 11.0. The summed E-state index contributed by atoms with van der Waals surface area (Å²) < 4.78 is 0. The molecule has 7 nitrogen and oxygen atoms in total. The molecule has 0 aliphatic heterocycles. The lowest BCUT2D eigenvalue weighted by atomic mass is 10.1. The van der Waals surface area contributed by atoms with Crippen LogP contribution in [0.25, 0.3) is 0 Å². The van der Waals surface area contributed by atoms with Crippen LogP contribution in [0.3, 0.4) is 0 Å². The third-order valence-electron chi connectivity index (χ3n) is 3.12. The third kappa shape index (κ3) is 4.40. The number of non-ortho nitro benzene ring substituents is 1. The first-order valence-corrected chi connectivity index (χ1v) is 7.23. The largest absolute Gasteiger partial charge is 0.382 e. The Morgan fingerprint density at radius 3 is 2.78 bits per heavy atom. The van der Waals surface area contributed by atoms with Crippen LogP contribution in [-0.4, -0.2) is 28.9 Å². The van der Waals surface area contributed by atoms with Crippen LogP contribution in [0.5, 0.6) is 0 Å². The number of anilines is 1. The zero-order chi connectivity index (χ0) is 16.8. The molecule has 0 fully saturated rings. The molecule has 2 N–H and O–H groups in total. The summed E-state index contributed by atoms with van der Waals surface area (Å²) in [7, 11) is 0. The summed E-state index contributed by atoms with van der Waals surface area (Å²) in [4.78, 5) is 26.0. The molecule has 0 saturated carbocycles. The first kappa shape index (κ1) is 16.7. The average molecular weight is 335 g/mol. The number of nitrogens with zero attached hydrogens (tertiary/aromatic N) is 2. The molecular formula is C15H15ClN4O3. The van der Waals surface area contributed by atoms with Gasteiger partial charge in [-0.15, -0.1) is 0 Å². The lowest BCUT2D eigenvalue weighted by Crippen LogP contribution is -2.28. The number of nitro groups is 1. The molecule has 8 heteroatoms. The van der Waals surface area contributed by atoms with E-state index in [0.29, 0.717) is 29.9 Å². The van der Waals surface area contributed by atoms with Crippen LogP contribution in [0, 0.1) is 17.0 Å². The normalized spacial score (nSPS) is 10.2. The van der Waals surface area contributed by atoms with E-state index in [1.165, 1.54) is 18.3 Å². The average Bonchev–Trinajstić information content (AvgIpc) is 2.53. The summed E-state index contributed by atoms with van der Waals surface area (Å²) in [6.07, 6.45) is 3.08. The van der Waals surface area contributed by atoms with Gasteiger partial charge >= 0.3 is 0 Å². The summed E-state index contributed by atoms with van der Waals surface area (Å²) in [5.74, 6) is -0.216. The molecule has 2 aromatic rings. The van der Waals surface area contributed by atoms with E-state index in [0.717, 1.165) is 0 Å². The van der Waals surface area contributed by atoms with Crippen LogP contribution in [-0.2, 0) is 0 Å². The lowest BCUT2D eigenvalue weighted by molar-refractivity contribution is -0.384. The van der Waals surface area contributed by atoms with Crippen LogP contribution in [0.15, 0.2) is 36.7 Å². The van der Waals surface area contributed by atoms with E-state index in [1.807, 2.05) is 0 Å². The number of halogens is 1. The molecule has 1 heterocycles. The Hall–Kier alpha value is -2.67. The molecule has 1 amide bonds. The zero-order valence-corrected chi connectivity index (χ0v) is 13.1. The highest BCUT2D eigenvalue weighted by Crippen LogP contribution is 2.30. The van der Waals surface area contributed by atoms with Crippen molar-refractivity contribution in [2.75, 3.05) is 18.4 Å². The van der Waals surface area contributed by atoms with Gasteiger partial charge in [0.2, 0.25) is 0 Å². The molecule has 0 saturated heterocycles. The highest BCUT2D eigenvalue weighted by molar-refractivity contribution is 6.33. The standard InChI is InChI=1S/C15H15ClN4O3/c1-10-7-12(20(22)23)8-13(16)14(10)18-5-6-19-15(21)11-3-2-4-17-9-11/h2-4,7-9,18H,5-6H2,1H3,(H,19,21). The van der Waals surface area contributed by atoms with E-state index >= 15 is 0 Å². The van der Waals surface area contributed by atoms with Crippen molar-refractivity contribution < 1.29 is 9.72 Å². The number of nitrogens with one attached hydrogen (secondary N) is 2. The highest BCUT2D eigenvalue weighted by Gasteiger charge is 2.13. The van der Waals surface area contributed by atoms with Gasteiger partial charge in [-0.25, -0.2) is 0 Å². The second kappa shape index (κ2) is 7.55. The predicted molar refractivity (Wildman–Crippen MR) is 87.9 cm³/mol. The number of aryl methyl sites for hydroxylation is 1. The predicted octanol–water partition coefficient (Wildman–Crippen LogP) is 2.79. The van der Waals surface area contributed by atoms with Crippen molar-refractivity contribution in [3.8, 4) is 0 Å². The van der Waals surface area contributed by atoms with E-state index in [2.05, 4.69) is 15.6 Å². The highest BCUT2D eigenvalue weighted by atomic mass is 35.5. The van der Waals surface area contributed by atoms with Gasteiger partial charge in [0.1, 0.15) is 0 Å². The number of nitro benzene ring substituents is 1. The van der Waals surface area contributed by atoms with Crippen LogP contribution in [0.4, 0.5) is 11.4 Å². The monoisotopic (exact) mass is 334 g/mol. The van der Waals surface area contributed by atoms with Gasteiger partial charge in [0.25, 0.3) is 11.6 Å². The molecule has 1 aromatic carbocycles. The minimum Gasteiger partial charge on any atom is -0.382 e. The molecule has 0 unspecified atom stereocenters. The van der Waals surface area contributed by atoms with Gasteiger partial charge in [-0.1, -0.05) is 11.6 Å². The molecule has 0 aliphatic rings. The van der Waals surface area contributed by atoms with Crippen LogP contribution >= 0.6 is 11.6 Å². The Morgan fingerprint density at radius 1 is 1.39 bits per heavy atom. The first-order valence-electron chi connectivity index (χ1n) is 6.85. The number of rotatable bonds is 6. The molecule has 1 aromatic heterocycles. The van der Waals surface area contributed by atoms with Crippen molar-refractivity contribution in [1.29, 1.82) is 0 Å². The third-order valence-corrected chi connectivity index (χ3v) is 3.42. The van der Waals surface area contributed by atoms with E-state index in [4.69, 9.17) is 11.6 Å². The number of hydrogen-bond donors (Lipinski definition) is 2. The Bertz CT molecular complexity index is 699. The zero-order valence-electron chi connectivity index (χ0n) is 12.4. The lowest BCUT2D eigenvalue weighted by Gasteiger charge is -2.12. The van der Waals surface area contributed by atoms with Crippen molar-refractivity contribution in [3.05, 3.63) is 62.9 Å². The second-order valence-electron chi connectivity index (χ2n) is 4.80. The molecule has 0 bridgehead atoms. The maximum Gasteiger partial charge on any atom is 0.271 e. The molecular weight excluding hydrogens is 320 g/mol. The fraction of sp³-hybridized carbons (Fsp3) is 0.200.